The first-order chi connectivity index (χ1) is 27.7. The fourth-order valence-corrected chi connectivity index (χ4v) is 7.92. The number of amides is 1. The molecule has 0 saturated carbocycles. The van der Waals surface area contributed by atoms with E-state index in [0.717, 1.165) is 13.1 Å². The Morgan fingerprint density at radius 3 is 2.24 bits per heavy atom. The van der Waals surface area contributed by atoms with Crippen molar-refractivity contribution in [1.82, 2.24) is 9.91 Å². The Morgan fingerprint density at radius 2 is 1.61 bits per heavy atom. The molecule has 9 atom stereocenters. The van der Waals surface area contributed by atoms with Gasteiger partial charge in [0.2, 0.25) is 0 Å². The highest BCUT2D eigenvalue weighted by molar-refractivity contribution is 6.23. The van der Waals surface area contributed by atoms with Crippen molar-refractivity contribution in [2.24, 2.45) is 28.8 Å². The third-order valence-corrected chi connectivity index (χ3v) is 11.9. The number of ether oxygens (including phenoxy) is 4. The summed E-state index contributed by atoms with van der Waals surface area (Å²) in [4.78, 5) is 42.6. The van der Waals surface area contributed by atoms with Gasteiger partial charge in [-0.25, -0.2) is 0 Å². The molecule has 5 bridgehead atoms. The molecule has 16 heteroatoms. The van der Waals surface area contributed by atoms with Crippen molar-refractivity contribution in [3.8, 4) is 23.0 Å². The number of allylic oxidation sites excluding steroid dienone is 2. The fourth-order valence-electron chi connectivity index (χ4n) is 7.92. The molecule has 1 saturated heterocycles. The average Bonchev–Trinajstić information content (AvgIpc) is 3.46. The summed E-state index contributed by atoms with van der Waals surface area (Å²) in [6.07, 6.45) is 4.86. The van der Waals surface area contributed by atoms with Gasteiger partial charge >= 0.3 is 11.8 Å². The van der Waals surface area contributed by atoms with Gasteiger partial charge in [0, 0.05) is 87.3 Å². The zero-order valence-corrected chi connectivity index (χ0v) is 35.3. The fraction of sp³-hybridized carbons (Fsp3) is 0.535. The molecule has 0 radical (unpaired) electrons. The molecule has 6 rings (SSSR count). The maximum atomic E-state index is 14.4. The Labute approximate surface area is 344 Å². The van der Waals surface area contributed by atoms with Gasteiger partial charge in [-0.2, -0.15) is 5.10 Å². The number of aromatic hydroxyl groups is 3. The molecule has 2 aromatic carbocycles. The molecule has 6 N–H and O–H groups in total. The highest BCUT2D eigenvalue weighted by Gasteiger charge is 2.50. The quantitative estimate of drug-likeness (QED) is 0.109. The number of esters is 1. The van der Waals surface area contributed by atoms with E-state index in [1.54, 1.807) is 44.9 Å². The van der Waals surface area contributed by atoms with E-state index in [2.05, 4.69) is 15.3 Å². The topological polar surface area (TPSA) is 220 Å². The van der Waals surface area contributed by atoms with Crippen molar-refractivity contribution in [3.05, 3.63) is 52.8 Å². The number of rotatable bonds is 4. The molecule has 0 unspecified atom stereocenters. The lowest BCUT2D eigenvalue weighted by atomic mass is 9.78. The van der Waals surface area contributed by atoms with Crippen LogP contribution in [0.5, 0.6) is 23.0 Å². The molecule has 4 aliphatic rings. The monoisotopic (exact) mass is 822 g/mol. The van der Waals surface area contributed by atoms with Crippen LogP contribution in [0.3, 0.4) is 0 Å². The number of carbonyl (C=O) groups is 3. The smallest absolute Gasteiger partial charge is 0.312 e. The minimum atomic E-state index is -2.04. The van der Waals surface area contributed by atoms with Gasteiger partial charge in [-0.15, -0.1) is 0 Å². The number of methoxy groups -OCH3 is 1. The lowest BCUT2D eigenvalue weighted by Gasteiger charge is -2.38. The molecule has 322 valence electrons. The number of anilines is 1. The van der Waals surface area contributed by atoms with E-state index in [1.165, 1.54) is 59.4 Å². The van der Waals surface area contributed by atoms with Gasteiger partial charge in [-0.1, -0.05) is 45.9 Å². The molecular formula is C43H58N4O12. The summed E-state index contributed by atoms with van der Waals surface area (Å²) in [5, 5.41) is 66.8. The minimum absolute atomic E-state index is 0.0559. The van der Waals surface area contributed by atoms with E-state index >= 15 is 0 Å². The Morgan fingerprint density at radius 1 is 0.949 bits per heavy atom. The van der Waals surface area contributed by atoms with Crippen LogP contribution in [-0.2, 0) is 23.8 Å². The molecule has 2 aromatic rings. The Balaban J connectivity index is 1.70. The number of likely N-dealkylation sites (N-methyl/N-ethyl adjacent to an activating group) is 1. The number of phenols is 3. The summed E-state index contributed by atoms with van der Waals surface area (Å²) in [7, 11) is 3.42. The number of carbonyl (C=O) groups excluding carboxylic acids is 3. The van der Waals surface area contributed by atoms with Gasteiger partial charge in [0.1, 0.15) is 23.4 Å². The molecule has 0 aliphatic carbocycles. The predicted octanol–water partition coefficient (Wildman–Crippen LogP) is 4.34. The van der Waals surface area contributed by atoms with Crippen molar-refractivity contribution in [1.29, 1.82) is 0 Å². The van der Waals surface area contributed by atoms with Crippen LogP contribution in [0, 0.1) is 30.6 Å². The summed E-state index contributed by atoms with van der Waals surface area (Å²) in [6, 6.07) is 0. The number of Topliss-reactive ketones (excluding diaryl/α,β-unsaturated/α-hetero) is 1. The van der Waals surface area contributed by atoms with Crippen LogP contribution >= 0.6 is 0 Å². The van der Waals surface area contributed by atoms with Crippen LogP contribution in [0.4, 0.5) is 5.69 Å². The molecule has 4 aliphatic heterocycles. The highest BCUT2D eigenvalue weighted by Crippen LogP contribution is 2.55. The van der Waals surface area contributed by atoms with E-state index in [-0.39, 0.29) is 44.5 Å². The van der Waals surface area contributed by atoms with Crippen LogP contribution in [0.1, 0.15) is 70.0 Å². The van der Waals surface area contributed by atoms with E-state index < -0.39 is 88.8 Å². The lowest BCUT2D eigenvalue weighted by molar-refractivity contribution is -0.160. The zero-order chi connectivity index (χ0) is 43.7. The van der Waals surface area contributed by atoms with Crippen molar-refractivity contribution in [3.63, 3.8) is 0 Å². The SMILES string of the molecule is CO[C@@H]1C=CO[C@@]2(C)Oc3c(C)c(O)c4c(O)c(c(C=NN5CCN(C)CC5)c(O)c4c3C2=O)NC(=O)C(C)=CC=C[C@H](C)[C@H](O)[C@H](C)[C@H](O)[C@H](C)[C@H](OC(C)=O)[C@H]1C. The summed E-state index contributed by atoms with van der Waals surface area (Å²) in [5.74, 6) is -8.34. The first kappa shape index (κ1) is 44.9. The Hall–Kier alpha value is -5.16. The van der Waals surface area contributed by atoms with E-state index in [1.807, 2.05) is 7.05 Å². The summed E-state index contributed by atoms with van der Waals surface area (Å²) < 4.78 is 23.6. The van der Waals surface area contributed by atoms with Crippen molar-refractivity contribution >= 4 is 40.3 Å². The van der Waals surface area contributed by atoms with Gasteiger partial charge in [0.15, 0.2) is 5.75 Å². The van der Waals surface area contributed by atoms with Gasteiger partial charge in [0.05, 0.1) is 53.0 Å². The average molecular weight is 823 g/mol. The first-order valence-electron chi connectivity index (χ1n) is 19.8. The molecule has 0 aromatic heterocycles. The lowest BCUT2D eigenvalue weighted by Crippen LogP contribution is -2.46. The number of benzene rings is 2. The number of fused-ring (bicyclic) bond motifs is 14. The van der Waals surface area contributed by atoms with E-state index in [0.29, 0.717) is 13.1 Å². The van der Waals surface area contributed by atoms with Gasteiger partial charge in [-0.3, -0.25) is 19.4 Å². The zero-order valence-electron chi connectivity index (χ0n) is 35.3. The number of ketones is 1. The van der Waals surface area contributed by atoms with Crippen LogP contribution in [0.2, 0.25) is 0 Å². The molecule has 1 fully saturated rings. The molecule has 1 amide bonds. The first-order valence-corrected chi connectivity index (χ1v) is 19.8. The number of phenolic OH excluding ortho intramolecular Hbond substituents is 3. The number of hydrazone groups is 1. The van der Waals surface area contributed by atoms with Crippen molar-refractivity contribution in [2.45, 2.75) is 85.6 Å². The van der Waals surface area contributed by atoms with Crippen LogP contribution < -0.4 is 10.1 Å². The molecular weight excluding hydrogens is 764 g/mol. The standard InChI is InChI=1S/C43H58N4O12/c1-21-12-11-13-22(2)42(55)45-33-28(20-44-47-17-15-46(9)16-18-47)37(52)30-31(38(33)53)36(51)26(6)40-32(30)41(54)43(8,59-40)57-19-14-29(56-10)23(3)39(58-27(7)48)25(5)35(50)24(4)34(21)49/h11-14,19-21,23-25,29,34-35,39,49-53H,15-18H2,1-10H3,(H,45,55)/t21-,23-,24-,25-,29+,34-,35-,39+,43-/m0/s1. The van der Waals surface area contributed by atoms with Crippen LogP contribution in [0.15, 0.2) is 41.2 Å². The second-order valence-corrected chi connectivity index (χ2v) is 16.1. The molecule has 59 heavy (non-hydrogen) atoms. The van der Waals surface area contributed by atoms with Crippen molar-refractivity contribution < 1.29 is 58.9 Å². The van der Waals surface area contributed by atoms with Crippen molar-refractivity contribution in [2.75, 3.05) is 45.7 Å². The minimum Gasteiger partial charge on any atom is -0.507 e. The van der Waals surface area contributed by atoms with Crippen LogP contribution in [0.25, 0.3) is 10.8 Å². The second kappa shape index (κ2) is 18.0. The van der Waals surface area contributed by atoms with Crippen LogP contribution in [-0.4, -0.2) is 130 Å². The maximum Gasteiger partial charge on any atom is 0.312 e. The predicted molar refractivity (Wildman–Crippen MR) is 220 cm³/mol. The number of aliphatic hydroxyl groups excluding tert-OH is 2. The second-order valence-electron chi connectivity index (χ2n) is 16.1. The molecule has 16 nitrogen and oxygen atoms in total. The molecule has 4 heterocycles. The van der Waals surface area contributed by atoms with Gasteiger partial charge in [0.25, 0.3) is 11.7 Å². The summed E-state index contributed by atoms with van der Waals surface area (Å²) in [6.45, 7) is 15.1. The van der Waals surface area contributed by atoms with E-state index in [4.69, 9.17) is 18.9 Å². The van der Waals surface area contributed by atoms with Gasteiger partial charge in [-0.05, 0) is 27.0 Å². The van der Waals surface area contributed by atoms with E-state index in [9.17, 15) is 39.9 Å². The highest BCUT2D eigenvalue weighted by atomic mass is 16.7. The number of hydrogen-bond donors (Lipinski definition) is 6. The molecule has 0 spiro atoms. The van der Waals surface area contributed by atoms with Gasteiger partial charge < -0.3 is 54.7 Å². The number of hydrogen-bond acceptors (Lipinski definition) is 15. The third-order valence-electron chi connectivity index (χ3n) is 11.9. The number of nitrogens with zero attached hydrogens (tertiary/aromatic N) is 3. The maximum absolute atomic E-state index is 14.4. The summed E-state index contributed by atoms with van der Waals surface area (Å²) in [5.41, 5.74) is -0.350. The third kappa shape index (κ3) is 8.91. The number of aliphatic hydroxyl groups is 2. The Kier molecular flexibility index (Phi) is 13.7. The Bertz CT molecular complexity index is 2070. The summed E-state index contributed by atoms with van der Waals surface area (Å²) >= 11 is 0. The largest absolute Gasteiger partial charge is 0.507 e. The normalized spacial score (nSPS) is 30.1. The number of piperazine rings is 1. The number of nitrogens with one attached hydrogen (secondary N) is 1.